The highest BCUT2D eigenvalue weighted by Gasteiger charge is 2.48. The van der Waals surface area contributed by atoms with Crippen molar-refractivity contribution in [3.05, 3.63) is 70.8 Å². The van der Waals surface area contributed by atoms with Crippen molar-refractivity contribution in [3.63, 3.8) is 0 Å². The van der Waals surface area contributed by atoms with Crippen molar-refractivity contribution in [3.8, 4) is 17.2 Å². The minimum absolute atomic E-state index is 0.0888. The SMILES string of the molecule is CC(C)=CCC/C(C)=C/CC/C(C)=C/CN1C(=O)c2cccc(O)c2Nc2c(O)cc(O[C@@H]3O[C@@H](C(=O)O)[C@H](O)[C@@H](O)[C@@H]3O)cc21. The number of aliphatic carboxylic acids is 1. The van der Waals surface area contributed by atoms with Crippen molar-refractivity contribution < 1.29 is 49.7 Å². The van der Waals surface area contributed by atoms with Gasteiger partial charge in [-0.15, -0.1) is 0 Å². The molecule has 12 nitrogen and oxygen atoms in total. The van der Waals surface area contributed by atoms with Crippen molar-refractivity contribution in [2.75, 3.05) is 16.8 Å². The van der Waals surface area contributed by atoms with E-state index in [1.54, 1.807) is 6.07 Å². The van der Waals surface area contributed by atoms with E-state index in [4.69, 9.17) is 9.47 Å². The molecule has 0 saturated carbocycles. The maximum absolute atomic E-state index is 13.9. The molecule has 0 aromatic heterocycles. The molecule has 0 bridgehead atoms. The van der Waals surface area contributed by atoms with Crippen LogP contribution in [0, 0.1) is 0 Å². The van der Waals surface area contributed by atoms with Gasteiger partial charge in [-0.25, -0.2) is 4.79 Å². The molecule has 0 spiro atoms. The average molecular weight is 639 g/mol. The van der Waals surface area contributed by atoms with Crippen LogP contribution in [0.3, 0.4) is 0 Å². The van der Waals surface area contributed by atoms with Gasteiger partial charge < -0.3 is 50.3 Å². The van der Waals surface area contributed by atoms with Gasteiger partial charge in [-0.1, -0.05) is 41.0 Å². The van der Waals surface area contributed by atoms with Crippen molar-refractivity contribution in [2.45, 2.75) is 84.1 Å². The lowest BCUT2D eigenvalue weighted by atomic mass is 9.99. The molecule has 2 aromatic carbocycles. The second-order valence-corrected chi connectivity index (χ2v) is 11.9. The number of aromatic hydroxyl groups is 2. The second kappa shape index (κ2) is 14.8. The minimum atomic E-state index is -1.91. The van der Waals surface area contributed by atoms with E-state index in [2.05, 4.69) is 38.2 Å². The van der Waals surface area contributed by atoms with E-state index >= 15 is 0 Å². The summed E-state index contributed by atoms with van der Waals surface area (Å²) in [6.07, 6.45) is 0.623. The summed E-state index contributed by atoms with van der Waals surface area (Å²) in [5.41, 5.74) is 4.13. The van der Waals surface area contributed by atoms with Crippen LogP contribution in [-0.2, 0) is 9.53 Å². The Morgan fingerprint density at radius 1 is 0.913 bits per heavy atom. The Labute approximate surface area is 267 Å². The van der Waals surface area contributed by atoms with Gasteiger partial charge in [0.15, 0.2) is 6.10 Å². The summed E-state index contributed by atoms with van der Waals surface area (Å²) in [6, 6.07) is 7.01. The monoisotopic (exact) mass is 638 g/mol. The van der Waals surface area contributed by atoms with E-state index in [0.717, 1.165) is 37.3 Å². The molecule has 248 valence electrons. The molecule has 2 aliphatic heterocycles. The zero-order valence-corrected chi connectivity index (χ0v) is 26.3. The molecule has 1 amide bonds. The summed E-state index contributed by atoms with van der Waals surface area (Å²) < 4.78 is 10.9. The van der Waals surface area contributed by atoms with Crippen LogP contribution in [0.1, 0.15) is 63.7 Å². The van der Waals surface area contributed by atoms with Crippen LogP contribution in [0.4, 0.5) is 17.1 Å². The second-order valence-electron chi connectivity index (χ2n) is 11.9. The lowest BCUT2D eigenvalue weighted by Crippen LogP contribution is -2.61. The summed E-state index contributed by atoms with van der Waals surface area (Å²) in [4.78, 5) is 26.8. The maximum Gasteiger partial charge on any atom is 0.335 e. The summed E-state index contributed by atoms with van der Waals surface area (Å²) in [7, 11) is 0. The molecular formula is C34H42N2O10. The van der Waals surface area contributed by atoms with Gasteiger partial charge in [0.1, 0.15) is 41.2 Å². The summed E-state index contributed by atoms with van der Waals surface area (Å²) in [5.74, 6) is -2.78. The number of fused-ring (bicyclic) bond motifs is 2. The largest absolute Gasteiger partial charge is 0.506 e. The number of aliphatic hydroxyl groups is 3. The number of amides is 1. The molecule has 2 heterocycles. The third-order valence-electron chi connectivity index (χ3n) is 7.94. The molecule has 46 heavy (non-hydrogen) atoms. The number of nitrogens with zero attached hydrogens (tertiary/aromatic N) is 1. The molecule has 7 N–H and O–H groups in total. The number of aliphatic hydroxyl groups excluding tert-OH is 3. The fourth-order valence-electron chi connectivity index (χ4n) is 5.28. The molecule has 2 aromatic rings. The quantitative estimate of drug-likeness (QED) is 0.136. The number of nitrogens with one attached hydrogen (secondary N) is 1. The summed E-state index contributed by atoms with van der Waals surface area (Å²) in [5, 5.41) is 64.6. The van der Waals surface area contributed by atoms with Crippen LogP contribution in [0.5, 0.6) is 17.2 Å². The number of phenolic OH excluding ortho intramolecular Hbond substituents is 2. The first-order valence-electron chi connectivity index (χ1n) is 15.1. The highest BCUT2D eigenvalue weighted by molar-refractivity contribution is 6.15. The van der Waals surface area contributed by atoms with E-state index in [1.807, 2.05) is 13.0 Å². The molecule has 0 aliphatic carbocycles. The molecule has 1 fully saturated rings. The normalized spacial score (nSPS) is 23.2. The molecule has 1 saturated heterocycles. The lowest BCUT2D eigenvalue weighted by molar-refractivity contribution is -0.271. The van der Waals surface area contributed by atoms with Gasteiger partial charge in [-0.2, -0.15) is 0 Å². The standard InChI is InChI=1S/C34H42N2O10/c1-18(2)8-5-9-19(3)10-6-11-20(4)14-15-36-23-16-21(45-34-30(41)28(39)29(40)31(46-34)33(43)44)17-25(38)27(23)35-26-22(32(36)42)12-7-13-24(26)37/h7-8,10,12-14,16-17,28-31,34-35,37-41H,5-6,9,11,15H2,1-4H3,(H,43,44)/b19-10+,20-14+/t28-,29-,30+,31-,34-/m1/s1. The van der Waals surface area contributed by atoms with Gasteiger partial charge >= 0.3 is 5.97 Å². The Balaban J connectivity index is 1.62. The van der Waals surface area contributed by atoms with Gasteiger partial charge in [-0.3, -0.25) is 4.79 Å². The third kappa shape index (κ3) is 7.88. The smallest absolute Gasteiger partial charge is 0.335 e. The topological polar surface area (TPSA) is 189 Å². The highest BCUT2D eigenvalue weighted by atomic mass is 16.7. The average Bonchev–Trinajstić information content (AvgIpc) is 3.11. The molecule has 2 aliphatic rings. The number of hydrogen-bond donors (Lipinski definition) is 7. The fraction of sp³-hybridized carbons (Fsp3) is 0.412. The lowest BCUT2D eigenvalue weighted by Gasteiger charge is -2.38. The first-order valence-corrected chi connectivity index (χ1v) is 15.1. The first-order chi connectivity index (χ1) is 21.8. The molecular weight excluding hydrogens is 596 g/mol. The Morgan fingerprint density at radius 3 is 2.26 bits per heavy atom. The van der Waals surface area contributed by atoms with E-state index in [0.29, 0.717) is 0 Å². The van der Waals surface area contributed by atoms with Gasteiger partial charge in [0.2, 0.25) is 6.29 Å². The number of hydrogen-bond acceptors (Lipinski definition) is 10. The first kappa shape index (κ1) is 34.5. The van der Waals surface area contributed by atoms with Gasteiger partial charge in [0, 0.05) is 18.7 Å². The molecule has 5 atom stereocenters. The van der Waals surface area contributed by atoms with Gasteiger partial charge in [-0.05, 0) is 65.5 Å². The highest BCUT2D eigenvalue weighted by Crippen LogP contribution is 2.46. The number of anilines is 3. The number of ether oxygens (including phenoxy) is 2. The van der Waals surface area contributed by atoms with Crippen LogP contribution in [0.15, 0.2) is 65.3 Å². The van der Waals surface area contributed by atoms with Gasteiger partial charge in [0.05, 0.1) is 16.9 Å². The van der Waals surface area contributed by atoms with Crippen LogP contribution in [0.2, 0.25) is 0 Å². The number of carboxylic acid groups (broad SMARTS) is 1. The summed E-state index contributed by atoms with van der Waals surface area (Å²) >= 11 is 0. The van der Waals surface area contributed by atoms with Crippen LogP contribution in [0.25, 0.3) is 0 Å². The van der Waals surface area contributed by atoms with Crippen molar-refractivity contribution in [1.82, 2.24) is 0 Å². The van der Waals surface area contributed by atoms with E-state index in [9.17, 15) is 40.2 Å². The minimum Gasteiger partial charge on any atom is -0.506 e. The molecule has 0 unspecified atom stereocenters. The van der Waals surface area contributed by atoms with Crippen molar-refractivity contribution >= 4 is 28.9 Å². The Hall–Kier alpha value is -4.36. The number of rotatable bonds is 11. The molecule has 0 radical (unpaired) electrons. The Kier molecular flexibility index (Phi) is 11.1. The van der Waals surface area contributed by atoms with E-state index in [1.165, 1.54) is 34.2 Å². The molecule has 12 heteroatoms. The zero-order valence-electron chi connectivity index (χ0n) is 26.3. The Morgan fingerprint density at radius 2 is 1.59 bits per heavy atom. The maximum atomic E-state index is 13.9. The number of benzene rings is 2. The number of phenols is 2. The zero-order chi connectivity index (χ0) is 33.7. The predicted octanol–water partition coefficient (Wildman–Crippen LogP) is 4.49. The Bertz CT molecular complexity index is 1540. The van der Waals surface area contributed by atoms with Gasteiger partial charge in [0.25, 0.3) is 5.91 Å². The number of carbonyl (C=O) groups is 2. The predicted molar refractivity (Wildman–Crippen MR) is 172 cm³/mol. The summed E-state index contributed by atoms with van der Waals surface area (Å²) in [6.45, 7) is 8.33. The van der Waals surface area contributed by atoms with Crippen molar-refractivity contribution in [2.24, 2.45) is 0 Å². The van der Waals surface area contributed by atoms with Crippen LogP contribution < -0.4 is 15.0 Å². The molecule has 4 rings (SSSR count). The number of carbonyl (C=O) groups excluding carboxylic acids is 1. The number of carboxylic acids is 1. The van der Waals surface area contributed by atoms with Crippen molar-refractivity contribution in [1.29, 1.82) is 0 Å². The number of allylic oxidation sites excluding steroid dienone is 5. The van der Waals surface area contributed by atoms with Crippen LogP contribution in [-0.4, -0.2) is 79.8 Å². The van der Waals surface area contributed by atoms with Crippen LogP contribution >= 0.6 is 0 Å². The third-order valence-corrected chi connectivity index (χ3v) is 7.94. The van der Waals surface area contributed by atoms with E-state index in [-0.39, 0.29) is 40.7 Å². The number of para-hydroxylation sites is 1. The fourth-order valence-corrected chi connectivity index (χ4v) is 5.28. The van der Waals surface area contributed by atoms with E-state index < -0.39 is 48.3 Å².